The maximum Gasteiger partial charge on any atom is 0.173 e. The summed E-state index contributed by atoms with van der Waals surface area (Å²) in [5.74, 6) is 0.629. The van der Waals surface area contributed by atoms with E-state index in [4.69, 9.17) is 11.6 Å². The highest BCUT2D eigenvalue weighted by Crippen LogP contribution is 2.59. The zero-order valence-corrected chi connectivity index (χ0v) is 13.4. The zero-order valence-electron chi connectivity index (χ0n) is 11.8. The van der Waals surface area contributed by atoms with Crippen LogP contribution in [0.3, 0.4) is 0 Å². The van der Waals surface area contributed by atoms with E-state index in [1.807, 2.05) is 42.5 Å². The van der Waals surface area contributed by atoms with E-state index in [-0.39, 0.29) is 11.0 Å². The summed E-state index contributed by atoms with van der Waals surface area (Å²) in [4.78, 5) is 13.1. The van der Waals surface area contributed by atoms with Gasteiger partial charge in [0.05, 0.1) is 11.5 Å². The molecule has 1 aliphatic carbocycles. The average molecular weight is 331 g/mol. The van der Waals surface area contributed by atoms with Crippen LogP contribution >= 0.6 is 23.4 Å². The van der Waals surface area contributed by atoms with Crippen molar-refractivity contribution in [3.05, 3.63) is 70.2 Å². The van der Waals surface area contributed by atoms with E-state index in [9.17, 15) is 9.90 Å². The molecule has 0 aromatic heterocycles. The summed E-state index contributed by atoms with van der Waals surface area (Å²) in [6, 6.07) is 15.5. The van der Waals surface area contributed by atoms with E-state index in [1.54, 1.807) is 17.8 Å². The maximum atomic E-state index is 13.1. The van der Waals surface area contributed by atoms with E-state index in [1.165, 1.54) is 0 Å². The molecule has 0 amide bonds. The fraction of sp³-hybridized carbons (Fsp3) is 0.278. The Labute approximate surface area is 138 Å². The Kier molecular flexibility index (Phi) is 3.33. The molecule has 0 radical (unpaired) electrons. The Morgan fingerprint density at radius 3 is 2.73 bits per heavy atom. The average Bonchev–Trinajstić information content (AvgIpc) is 3.01. The van der Waals surface area contributed by atoms with Gasteiger partial charge in [-0.3, -0.25) is 4.79 Å². The van der Waals surface area contributed by atoms with E-state index >= 15 is 0 Å². The van der Waals surface area contributed by atoms with Crippen LogP contribution < -0.4 is 0 Å². The summed E-state index contributed by atoms with van der Waals surface area (Å²) in [7, 11) is 0. The highest BCUT2D eigenvalue weighted by atomic mass is 35.5. The Morgan fingerprint density at radius 1 is 1.18 bits per heavy atom. The third kappa shape index (κ3) is 1.89. The quantitative estimate of drug-likeness (QED) is 0.861. The van der Waals surface area contributed by atoms with Crippen LogP contribution in [0.2, 0.25) is 5.02 Å². The van der Waals surface area contributed by atoms with Crippen LogP contribution in [0.5, 0.6) is 0 Å². The number of Topliss-reactive ketones (excluding diaryl/α,β-unsaturated/α-hetero) is 1. The fourth-order valence-electron chi connectivity index (χ4n) is 3.72. The molecule has 0 saturated carbocycles. The maximum absolute atomic E-state index is 13.1. The first-order valence-corrected chi connectivity index (χ1v) is 8.73. The molecule has 4 heteroatoms. The van der Waals surface area contributed by atoms with Crippen LogP contribution in [0.15, 0.2) is 48.5 Å². The normalized spacial score (nSPS) is 30.0. The predicted molar refractivity (Wildman–Crippen MR) is 89.6 cm³/mol. The van der Waals surface area contributed by atoms with Crippen LogP contribution in [-0.4, -0.2) is 22.7 Å². The zero-order chi connectivity index (χ0) is 15.3. The number of fused-ring (bicyclic) bond motifs is 1. The van der Waals surface area contributed by atoms with Crippen LogP contribution in [0.4, 0.5) is 0 Å². The molecule has 2 aromatic rings. The number of thioether (sulfide) groups is 1. The minimum absolute atomic E-state index is 0.0117. The molecule has 112 valence electrons. The molecule has 1 heterocycles. The molecule has 2 aromatic carbocycles. The van der Waals surface area contributed by atoms with Crippen LogP contribution in [0, 0.1) is 5.41 Å². The molecule has 0 unspecified atom stereocenters. The lowest BCUT2D eigenvalue weighted by Gasteiger charge is -2.31. The minimum Gasteiger partial charge on any atom is -0.391 e. The summed E-state index contributed by atoms with van der Waals surface area (Å²) < 4.78 is 0. The number of carbonyl (C=O) groups excluding carboxylic acids is 1. The van der Waals surface area contributed by atoms with Gasteiger partial charge in [-0.2, -0.15) is 0 Å². The SMILES string of the molecule is O=C1c2cc(Cl)ccc2C[C@]12[C@H](O)CS[C@H]2c1ccccc1. The molecule has 1 saturated heterocycles. The molecule has 2 aliphatic rings. The number of aliphatic hydroxyl groups excluding tert-OH is 1. The number of halogens is 1. The monoisotopic (exact) mass is 330 g/mol. The molecule has 0 bridgehead atoms. The van der Waals surface area contributed by atoms with Crippen molar-refractivity contribution in [1.82, 2.24) is 0 Å². The fourth-order valence-corrected chi connectivity index (χ4v) is 5.56. The highest BCUT2D eigenvalue weighted by molar-refractivity contribution is 7.99. The lowest BCUT2D eigenvalue weighted by molar-refractivity contribution is 0.0435. The first kappa shape index (κ1) is 14.3. The highest BCUT2D eigenvalue weighted by Gasteiger charge is 2.59. The lowest BCUT2D eigenvalue weighted by Crippen LogP contribution is -2.41. The molecule has 2 nitrogen and oxygen atoms in total. The van der Waals surface area contributed by atoms with Crippen molar-refractivity contribution in [3.63, 3.8) is 0 Å². The van der Waals surface area contributed by atoms with Gasteiger partial charge in [0.15, 0.2) is 5.78 Å². The van der Waals surface area contributed by atoms with E-state index in [2.05, 4.69) is 0 Å². The topological polar surface area (TPSA) is 37.3 Å². The number of rotatable bonds is 1. The van der Waals surface area contributed by atoms with Gasteiger partial charge >= 0.3 is 0 Å². The predicted octanol–water partition coefficient (Wildman–Crippen LogP) is 3.91. The van der Waals surface area contributed by atoms with Crippen LogP contribution in [-0.2, 0) is 6.42 Å². The van der Waals surface area contributed by atoms with Crippen molar-refractivity contribution in [3.8, 4) is 0 Å². The van der Waals surface area contributed by atoms with Gasteiger partial charge in [-0.05, 0) is 29.7 Å². The second-order valence-corrected chi connectivity index (χ2v) is 7.56. The van der Waals surface area contributed by atoms with Gasteiger partial charge < -0.3 is 5.11 Å². The molecule has 1 aliphatic heterocycles. The third-order valence-corrected chi connectivity index (χ3v) is 6.58. The van der Waals surface area contributed by atoms with E-state index in [0.717, 1.165) is 11.1 Å². The van der Waals surface area contributed by atoms with Gasteiger partial charge in [0.2, 0.25) is 0 Å². The Morgan fingerprint density at radius 2 is 1.95 bits per heavy atom. The lowest BCUT2D eigenvalue weighted by atomic mass is 9.73. The van der Waals surface area contributed by atoms with Crippen LogP contribution in [0.1, 0.15) is 26.7 Å². The standard InChI is InChI=1S/C18H15ClO2S/c19-13-7-6-12-9-18(16(21)14(12)8-13)15(20)10-22-17(18)11-4-2-1-3-5-11/h1-8,15,17,20H,9-10H2/t15-,17+,18+/m1/s1. The second kappa shape index (κ2) is 5.12. The largest absolute Gasteiger partial charge is 0.391 e. The summed E-state index contributed by atoms with van der Waals surface area (Å²) >= 11 is 7.73. The van der Waals surface area contributed by atoms with Gasteiger partial charge in [-0.1, -0.05) is 48.0 Å². The number of carbonyl (C=O) groups is 1. The van der Waals surface area contributed by atoms with Gasteiger partial charge in [-0.15, -0.1) is 11.8 Å². The first-order valence-electron chi connectivity index (χ1n) is 7.31. The third-order valence-electron chi connectivity index (χ3n) is 4.81. The van der Waals surface area contributed by atoms with E-state index < -0.39 is 11.5 Å². The van der Waals surface area contributed by atoms with Gasteiger partial charge in [-0.25, -0.2) is 0 Å². The molecule has 22 heavy (non-hydrogen) atoms. The Balaban J connectivity index is 1.84. The van der Waals surface area contributed by atoms with Crippen molar-refractivity contribution >= 4 is 29.1 Å². The first-order chi connectivity index (χ1) is 10.6. The summed E-state index contributed by atoms with van der Waals surface area (Å²) in [6.45, 7) is 0. The smallest absolute Gasteiger partial charge is 0.173 e. The van der Waals surface area contributed by atoms with Gasteiger partial charge in [0.25, 0.3) is 0 Å². The number of benzene rings is 2. The molecular formula is C18H15ClO2S. The second-order valence-electron chi connectivity index (χ2n) is 5.99. The van der Waals surface area contributed by atoms with Crippen molar-refractivity contribution in [2.75, 3.05) is 5.75 Å². The summed E-state index contributed by atoms with van der Waals surface area (Å²) in [6.07, 6.45) is -0.0344. The van der Waals surface area contributed by atoms with E-state index in [0.29, 0.717) is 22.8 Å². The number of hydrogen-bond donors (Lipinski definition) is 1. The number of ketones is 1. The molecule has 3 atom stereocenters. The summed E-state index contributed by atoms with van der Waals surface area (Å²) in [5, 5.41) is 11.2. The van der Waals surface area contributed by atoms with Crippen molar-refractivity contribution in [2.45, 2.75) is 17.8 Å². The van der Waals surface area contributed by atoms with Crippen molar-refractivity contribution < 1.29 is 9.90 Å². The minimum atomic E-state index is -0.751. The molecular weight excluding hydrogens is 316 g/mol. The Hall–Kier alpha value is -1.29. The van der Waals surface area contributed by atoms with Gasteiger partial charge in [0, 0.05) is 21.6 Å². The number of aliphatic hydroxyl groups is 1. The number of hydrogen-bond acceptors (Lipinski definition) is 3. The van der Waals surface area contributed by atoms with Crippen LogP contribution in [0.25, 0.3) is 0 Å². The van der Waals surface area contributed by atoms with Crippen molar-refractivity contribution in [2.24, 2.45) is 5.41 Å². The molecule has 4 rings (SSSR count). The van der Waals surface area contributed by atoms with Gasteiger partial charge in [0.1, 0.15) is 0 Å². The molecule has 1 N–H and O–H groups in total. The molecule has 1 spiro atoms. The summed E-state index contributed by atoms with van der Waals surface area (Å²) in [5.41, 5.74) is 2.03. The molecule has 1 fully saturated rings. The Bertz CT molecular complexity index is 746. The van der Waals surface area contributed by atoms with Crippen molar-refractivity contribution in [1.29, 1.82) is 0 Å².